The molecule has 0 saturated carbocycles. The van der Waals surface area contributed by atoms with Crippen LogP contribution in [0.4, 0.5) is 4.39 Å². The van der Waals surface area contributed by atoms with Gasteiger partial charge in [0.1, 0.15) is 6.17 Å². The highest BCUT2D eigenvalue weighted by molar-refractivity contribution is 5.66. The maximum Gasteiger partial charge on any atom is 0.303 e. The van der Waals surface area contributed by atoms with E-state index in [2.05, 4.69) is 0 Å². The lowest BCUT2D eigenvalue weighted by Crippen LogP contribution is -2.13. The van der Waals surface area contributed by atoms with Crippen molar-refractivity contribution in [3.8, 4) is 11.5 Å². The number of hydrogen-bond acceptors (Lipinski definition) is 4. The third kappa shape index (κ3) is 3.84. The van der Waals surface area contributed by atoms with Crippen molar-refractivity contribution >= 4 is 5.97 Å². The first-order chi connectivity index (χ1) is 9.40. The predicted octanol–water partition coefficient (Wildman–Crippen LogP) is 2.60. The zero-order valence-corrected chi connectivity index (χ0v) is 11.9. The summed E-state index contributed by atoms with van der Waals surface area (Å²) in [7, 11) is 2.89. The lowest BCUT2D eigenvalue weighted by Gasteiger charge is -2.18. The van der Waals surface area contributed by atoms with Crippen LogP contribution in [-0.4, -0.2) is 25.3 Å². The van der Waals surface area contributed by atoms with E-state index < -0.39 is 18.2 Å². The van der Waals surface area contributed by atoms with Crippen LogP contribution in [0, 0.1) is 0 Å². The Balaban J connectivity index is 3.14. The molecule has 0 aromatic heterocycles. The second-order valence-electron chi connectivity index (χ2n) is 4.50. The molecule has 0 aliphatic carbocycles. The molecule has 5 nitrogen and oxygen atoms in total. The molecule has 20 heavy (non-hydrogen) atoms. The number of aliphatic carboxylic acids is 1. The van der Waals surface area contributed by atoms with Crippen molar-refractivity contribution in [3.63, 3.8) is 0 Å². The maximum atomic E-state index is 13.7. The van der Waals surface area contributed by atoms with Gasteiger partial charge in [-0.3, -0.25) is 4.79 Å². The normalized spacial score (nSPS) is 13.7. The third-order valence-electron chi connectivity index (χ3n) is 3.06. The highest BCUT2D eigenvalue weighted by Gasteiger charge is 2.19. The Labute approximate surface area is 117 Å². The Hall–Kier alpha value is -1.82. The van der Waals surface area contributed by atoms with Gasteiger partial charge in [-0.15, -0.1) is 0 Å². The SMILES string of the molecule is COc1cc(C(N)CCC(=O)O)cc(C(C)F)c1OC. The van der Waals surface area contributed by atoms with E-state index in [-0.39, 0.29) is 12.8 Å². The van der Waals surface area contributed by atoms with Gasteiger partial charge in [0.2, 0.25) is 0 Å². The number of ether oxygens (including phenoxy) is 2. The van der Waals surface area contributed by atoms with Crippen molar-refractivity contribution in [2.75, 3.05) is 14.2 Å². The Kier molecular flexibility index (Phi) is 5.76. The summed E-state index contributed by atoms with van der Waals surface area (Å²) in [6.07, 6.45) is -1.02. The van der Waals surface area contributed by atoms with Gasteiger partial charge < -0.3 is 20.3 Å². The van der Waals surface area contributed by atoms with Gasteiger partial charge in [-0.05, 0) is 31.0 Å². The van der Waals surface area contributed by atoms with Gasteiger partial charge in [-0.2, -0.15) is 0 Å². The molecule has 0 saturated heterocycles. The van der Waals surface area contributed by atoms with E-state index in [1.54, 1.807) is 12.1 Å². The summed E-state index contributed by atoms with van der Waals surface area (Å²) in [5.74, 6) is -0.202. The van der Waals surface area contributed by atoms with E-state index in [0.29, 0.717) is 22.6 Å². The fraction of sp³-hybridized carbons (Fsp3) is 0.500. The summed E-state index contributed by atoms with van der Waals surface area (Å²) in [4.78, 5) is 10.6. The first-order valence-corrected chi connectivity index (χ1v) is 6.28. The largest absolute Gasteiger partial charge is 0.493 e. The molecule has 112 valence electrons. The Morgan fingerprint density at radius 1 is 1.40 bits per heavy atom. The molecule has 3 N–H and O–H groups in total. The van der Waals surface area contributed by atoms with Gasteiger partial charge >= 0.3 is 5.97 Å². The van der Waals surface area contributed by atoms with Crippen molar-refractivity contribution < 1.29 is 23.8 Å². The molecule has 0 radical (unpaired) electrons. The van der Waals surface area contributed by atoms with Gasteiger partial charge in [-0.25, -0.2) is 4.39 Å². The van der Waals surface area contributed by atoms with Gasteiger partial charge in [0.15, 0.2) is 11.5 Å². The van der Waals surface area contributed by atoms with E-state index in [1.807, 2.05) is 0 Å². The molecule has 0 aliphatic heterocycles. The second kappa shape index (κ2) is 7.09. The molecule has 0 amide bonds. The van der Waals surface area contributed by atoms with Crippen molar-refractivity contribution in [2.24, 2.45) is 5.73 Å². The average molecular weight is 285 g/mol. The monoisotopic (exact) mass is 285 g/mol. The predicted molar refractivity (Wildman–Crippen MR) is 72.9 cm³/mol. The molecule has 0 bridgehead atoms. The first-order valence-electron chi connectivity index (χ1n) is 6.28. The highest BCUT2D eigenvalue weighted by Crippen LogP contribution is 2.39. The molecule has 1 rings (SSSR count). The quantitative estimate of drug-likeness (QED) is 0.804. The number of hydrogen-bond donors (Lipinski definition) is 2. The summed E-state index contributed by atoms with van der Waals surface area (Å²) in [5, 5.41) is 8.67. The number of alkyl halides is 1. The molecule has 1 aromatic rings. The fourth-order valence-corrected chi connectivity index (χ4v) is 1.97. The van der Waals surface area contributed by atoms with Crippen LogP contribution in [0.15, 0.2) is 12.1 Å². The van der Waals surface area contributed by atoms with Crippen LogP contribution in [0.25, 0.3) is 0 Å². The topological polar surface area (TPSA) is 81.8 Å². The minimum Gasteiger partial charge on any atom is -0.493 e. The number of nitrogens with two attached hydrogens (primary N) is 1. The lowest BCUT2D eigenvalue weighted by molar-refractivity contribution is -0.137. The zero-order valence-electron chi connectivity index (χ0n) is 11.9. The van der Waals surface area contributed by atoms with E-state index in [1.165, 1.54) is 21.1 Å². The third-order valence-corrected chi connectivity index (χ3v) is 3.06. The highest BCUT2D eigenvalue weighted by atomic mass is 19.1. The number of carboxylic acids is 1. The summed E-state index contributed by atoms with van der Waals surface area (Å²) in [5.41, 5.74) is 6.91. The van der Waals surface area contributed by atoms with Crippen molar-refractivity contribution in [2.45, 2.75) is 32.0 Å². The summed E-state index contributed by atoms with van der Waals surface area (Å²) in [6.45, 7) is 1.39. The molecule has 6 heteroatoms. The van der Waals surface area contributed by atoms with E-state index in [9.17, 15) is 9.18 Å². The van der Waals surface area contributed by atoms with E-state index in [4.69, 9.17) is 20.3 Å². The minimum absolute atomic E-state index is 0.0456. The van der Waals surface area contributed by atoms with Gasteiger partial charge in [0, 0.05) is 18.0 Å². The molecule has 2 atom stereocenters. The second-order valence-corrected chi connectivity index (χ2v) is 4.50. The van der Waals surface area contributed by atoms with Crippen LogP contribution in [0.5, 0.6) is 11.5 Å². The number of carboxylic acid groups (broad SMARTS) is 1. The summed E-state index contributed by atoms with van der Waals surface area (Å²) < 4.78 is 24.0. The molecule has 0 fully saturated rings. The van der Waals surface area contributed by atoms with Gasteiger partial charge in [0.25, 0.3) is 0 Å². The summed E-state index contributed by atoms with van der Waals surface area (Å²) >= 11 is 0. The van der Waals surface area contributed by atoms with Crippen LogP contribution in [0.1, 0.15) is 43.1 Å². The molecule has 2 unspecified atom stereocenters. The van der Waals surface area contributed by atoms with Crippen LogP contribution in [0.3, 0.4) is 0 Å². The number of rotatable bonds is 7. The number of carbonyl (C=O) groups is 1. The van der Waals surface area contributed by atoms with Crippen molar-refractivity contribution in [1.29, 1.82) is 0 Å². The number of halogens is 1. The maximum absolute atomic E-state index is 13.7. The Morgan fingerprint density at radius 2 is 2.05 bits per heavy atom. The molecule has 1 aromatic carbocycles. The number of methoxy groups -OCH3 is 2. The van der Waals surface area contributed by atoms with Crippen molar-refractivity contribution in [1.82, 2.24) is 0 Å². The van der Waals surface area contributed by atoms with Gasteiger partial charge in [0.05, 0.1) is 14.2 Å². The molecule has 0 heterocycles. The van der Waals surface area contributed by atoms with Crippen LogP contribution >= 0.6 is 0 Å². The van der Waals surface area contributed by atoms with Crippen LogP contribution in [-0.2, 0) is 4.79 Å². The first kappa shape index (κ1) is 16.2. The molecular formula is C14H20FNO4. The molecule has 0 aliphatic rings. The number of benzene rings is 1. The summed E-state index contributed by atoms with van der Waals surface area (Å²) in [6, 6.07) is 2.75. The van der Waals surface area contributed by atoms with E-state index in [0.717, 1.165) is 0 Å². The average Bonchev–Trinajstić information content (AvgIpc) is 2.42. The minimum atomic E-state index is -1.24. The zero-order chi connectivity index (χ0) is 15.3. The Bertz CT molecular complexity index is 476. The molecule has 0 spiro atoms. The van der Waals surface area contributed by atoms with Crippen LogP contribution in [0.2, 0.25) is 0 Å². The van der Waals surface area contributed by atoms with Crippen LogP contribution < -0.4 is 15.2 Å². The lowest BCUT2D eigenvalue weighted by atomic mass is 9.98. The van der Waals surface area contributed by atoms with Crippen molar-refractivity contribution in [3.05, 3.63) is 23.3 Å². The smallest absolute Gasteiger partial charge is 0.303 e. The fourth-order valence-electron chi connectivity index (χ4n) is 1.97. The van der Waals surface area contributed by atoms with Gasteiger partial charge in [-0.1, -0.05) is 0 Å². The molecular weight excluding hydrogens is 265 g/mol. The standard InChI is InChI=1S/C14H20FNO4/c1-8(15)10-6-9(11(16)4-5-13(17)18)7-12(19-2)14(10)20-3/h6-8,11H,4-5,16H2,1-3H3,(H,17,18). The Morgan fingerprint density at radius 3 is 2.50 bits per heavy atom. The van der Waals surface area contributed by atoms with E-state index >= 15 is 0 Å².